The number of hydrogen-bond acceptors (Lipinski definition) is 3. The molecule has 0 aliphatic heterocycles. The van der Waals surface area contributed by atoms with E-state index in [4.69, 9.17) is 5.11 Å². The third kappa shape index (κ3) is 4.37. The molecule has 0 aliphatic carbocycles. The molecule has 0 bridgehead atoms. The average molecular weight is 251 g/mol. The molecule has 0 radical (unpaired) electrons. The molecule has 1 atom stereocenters. The van der Waals surface area contributed by atoms with Crippen molar-refractivity contribution in [1.29, 1.82) is 0 Å². The summed E-state index contributed by atoms with van der Waals surface area (Å²) in [5, 5.41) is 21.4. The summed E-state index contributed by atoms with van der Waals surface area (Å²) in [6.07, 6.45) is 0.700. The lowest BCUT2D eigenvalue weighted by Gasteiger charge is -2.21. The van der Waals surface area contributed by atoms with Gasteiger partial charge < -0.3 is 15.5 Å². The number of para-hydroxylation sites is 1. The molecule has 100 valence electrons. The number of carbonyl (C=O) groups excluding carboxylic acids is 1. The van der Waals surface area contributed by atoms with Crippen LogP contribution < -0.4 is 5.32 Å². The Morgan fingerprint density at radius 1 is 1.33 bits per heavy atom. The molecule has 1 rings (SSSR count). The SMILES string of the molecule is CC(C)C(CCO)NC(=O)Cc1ccccc1O. The van der Waals surface area contributed by atoms with Crippen LogP contribution in [0.4, 0.5) is 0 Å². The van der Waals surface area contributed by atoms with E-state index in [1.165, 1.54) is 0 Å². The number of nitrogens with one attached hydrogen (secondary N) is 1. The molecule has 1 aromatic carbocycles. The second-order valence-corrected chi connectivity index (χ2v) is 4.74. The van der Waals surface area contributed by atoms with Crippen LogP contribution in [0.1, 0.15) is 25.8 Å². The number of benzene rings is 1. The van der Waals surface area contributed by atoms with Gasteiger partial charge in [0.05, 0.1) is 6.42 Å². The number of aliphatic hydroxyl groups excluding tert-OH is 1. The predicted molar refractivity (Wildman–Crippen MR) is 70.3 cm³/mol. The van der Waals surface area contributed by atoms with Crippen molar-refractivity contribution in [2.24, 2.45) is 5.92 Å². The molecule has 0 saturated carbocycles. The molecule has 0 aromatic heterocycles. The number of amides is 1. The number of phenolic OH excluding ortho intramolecular Hbond substituents is 1. The van der Waals surface area contributed by atoms with Gasteiger partial charge in [0.1, 0.15) is 5.75 Å². The average Bonchev–Trinajstić information content (AvgIpc) is 2.31. The Hall–Kier alpha value is -1.55. The monoisotopic (exact) mass is 251 g/mol. The van der Waals surface area contributed by atoms with Crippen LogP contribution in [0.15, 0.2) is 24.3 Å². The molecule has 0 aliphatic rings. The molecule has 0 heterocycles. The zero-order valence-electron chi connectivity index (χ0n) is 10.9. The molecule has 3 N–H and O–H groups in total. The molecule has 1 unspecified atom stereocenters. The van der Waals surface area contributed by atoms with E-state index in [-0.39, 0.29) is 36.6 Å². The lowest BCUT2D eigenvalue weighted by Crippen LogP contribution is -2.40. The molecular weight excluding hydrogens is 230 g/mol. The van der Waals surface area contributed by atoms with Gasteiger partial charge in [-0.15, -0.1) is 0 Å². The summed E-state index contributed by atoms with van der Waals surface area (Å²) < 4.78 is 0. The molecule has 4 nitrogen and oxygen atoms in total. The third-order valence-electron chi connectivity index (χ3n) is 2.93. The van der Waals surface area contributed by atoms with Crippen LogP contribution in [0.5, 0.6) is 5.75 Å². The van der Waals surface area contributed by atoms with Gasteiger partial charge in [0.2, 0.25) is 5.91 Å². The van der Waals surface area contributed by atoms with Crippen LogP contribution in [-0.2, 0) is 11.2 Å². The summed E-state index contributed by atoms with van der Waals surface area (Å²) in [7, 11) is 0. The lowest BCUT2D eigenvalue weighted by molar-refractivity contribution is -0.121. The van der Waals surface area contributed by atoms with Gasteiger partial charge in [-0.25, -0.2) is 0 Å². The molecule has 0 spiro atoms. The first-order valence-corrected chi connectivity index (χ1v) is 6.21. The van der Waals surface area contributed by atoms with Crippen LogP contribution in [0, 0.1) is 5.92 Å². The summed E-state index contributed by atoms with van der Waals surface area (Å²) >= 11 is 0. The number of carbonyl (C=O) groups is 1. The van der Waals surface area contributed by atoms with E-state index in [2.05, 4.69) is 5.32 Å². The molecule has 0 fully saturated rings. The summed E-state index contributed by atoms with van der Waals surface area (Å²) in [5.41, 5.74) is 0.613. The third-order valence-corrected chi connectivity index (χ3v) is 2.93. The van der Waals surface area contributed by atoms with E-state index in [1.807, 2.05) is 13.8 Å². The Balaban J connectivity index is 2.58. The Kier molecular flexibility index (Phi) is 5.65. The van der Waals surface area contributed by atoms with E-state index in [0.29, 0.717) is 12.0 Å². The maximum absolute atomic E-state index is 11.9. The molecular formula is C14H21NO3. The Morgan fingerprint density at radius 2 is 2.00 bits per heavy atom. The number of rotatable bonds is 6. The highest BCUT2D eigenvalue weighted by atomic mass is 16.3. The fourth-order valence-corrected chi connectivity index (χ4v) is 1.80. The van der Waals surface area contributed by atoms with Crippen molar-refractivity contribution in [1.82, 2.24) is 5.32 Å². The molecule has 1 amide bonds. The number of phenols is 1. The van der Waals surface area contributed by atoms with Gasteiger partial charge in [0.25, 0.3) is 0 Å². The molecule has 18 heavy (non-hydrogen) atoms. The molecule has 1 aromatic rings. The Bertz CT molecular complexity index is 390. The normalized spacial score (nSPS) is 12.4. The maximum Gasteiger partial charge on any atom is 0.224 e. The van der Waals surface area contributed by atoms with Crippen molar-refractivity contribution in [2.45, 2.75) is 32.7 Å². The number of aliphatic hydroxyl groups is 1. The minimum Gasteiger partial charge on any atom is -0.508 e. The van der Waals surface area contributed by atoms with E-state index in [9.17, 15) is 9.90 Å². The molecule has 0 saturated heterocycles. The minimum atomic E-state index is -0.136. The lowest BCUT2D eigenvalue weighted by atomic mass is 10.0. The number of hydrogen-bond donors (Lipinski definition) is 3. The van der Waals surface area contributed by atoms with Crippen LogP contribution in [0.3, 0.4) is 0 Å². The summed E-state index contributed by atoms with van der Waals surface area (Å²) in [6, 6.07) is 6.77. The topological polar surface area (TPSA) is 69.6 Å². The highest BCUT2D eigenvalue weighted by Gasteiger charge is 2.16. The fraction of sp³-hybridized carbons (Fsp3) is 0.500. The Morgan fingerprint density at radius 3 is 2.56 bits per heavy atom. The first kappa shape index (κ1) is 14.5. The van der Waals surface area contributed by atoms with Crippen molar-refractivity contribution in [3.05, 3.63) is 29.8 Å². The predicted octanol–water partition coefficient (Wildman–Crippen LogP) is 1.46. The van der Waals surface area contributed by atoms with Gasteiger partial charge >= 0.3 is 0 Å². The summed E-state index contributed by atoms with van der Waals surface area (Å²) in [4.78, 5) is 11.9. The van der Waals surface area contributed by atoms with Crippen molar-refractivity contribution in [3.8, 4) is 5.75 Å². The maximum atomic E-state index is 11.9. The Labute approximate surface area is 108 Å². The van der Waals surface area contributed by atoms with Gasteiger partial charge in [-0.2, -0.15) is 0 Å². The summed E-state index contributed by atoms with van der Waals surface area (Å²) in [5.74, 6) is 0.269. The zero-order valence-corrected chi connectivity index (χ0v) is 10.9. The van der Waals surface area contributed by atoms with Crippen molar-refractivity contribution in [2.75, 3.05) is 6.61 Å². The van der Waals surface area contributed by atoms with E-state index in [1.54, 1.807) is 24.3 Å². The van der Waals surface area contributed by atoms with Crippen molar-refractivity contribution >= 4 is 5.91 Å². The van der Waals surface area contributed by atoms with Crippen molar-refractivity contribution in [3.63, 3.8) is 0 Å². The van der Waals surface area contributed by atoms with Crippen LogP contribution in [-0.4, -0.2) is 28.8 Å². The standard InChI is InChI=1S/C14H21NO3/c1-10(2)12(7-8-16)15-14(18)9-11-5-3-4-6-13(11)17/h3-6,10,12,16-17H,7-9H2,1-2H3,(H,15,18). The van der Waals surface area contributed by atoms with Gasteiger partial charge in [0, 0.05) is 18.2 Å². The van der Waals surface area contributed by atoms with Gasteiger partial charge in [0.15, 0.2) is 0 Å². The highest BCUT2D eigenvalue weighted by molar-refractivity contribution is 5.79. The first-order chi connectivity index (χ1) is 8.54. The number of aromatic hydroxyl groups is 1. The fourth-order valence-electron chi connectivity index (χ4n) is 1.80. The van der Waals surface area contributed by atoms with Gasteiger partial charge in [-0.05, 0) is 18.4 Å². The largest absolute Gasteiger partial charge is 0.508 e. The highest BCUT2D eigenvalue weighted by Crippen LogP contribution is 2.16. The van der Waals surface area contributed by atoms with Crippen LogP contribution in [0.25, 0.3) is 0 Å². The van der Waals surface area contributed by atoms with Crippen LogP contribution >= 0.6 is 0 Å². The second kappa shape index (κ2) is 7.01. The molecule has 4 heteroatoms. The second-order valence-electron chi connectivity index (χ2n) is 4.74. The van der Waals surface area contributed by atoms with Crippen molar-refractivity contribution < 1.29 is 15.0 Å². The first-order valence-electron chi connectivity index (χ1n) is 6.21. The zero-order chi connectivity index (χ0) is 13.5. The van der Waals surface area contributed by atoms with E-state index < -0.39 is 0 Å². The van der Waals surface area contributed by atoms with Crippen LogP contribution in [0.2, 0.25) is 0 Å². The van der Waals surface area contributed by atoms with E-state index >= 15 is 0 Å². The summed E-state index contributed by atoms with van der Waals surface area (Å²) in [6.45, 7) is 4.06. The quantitative estimate of drug-likeness (QED) is 0.717. The smallest absolute Gasteiger partial charge is 0.224 e. The van der Waals surface area contributed by atoms with Gasteiger partial charge in [-0.1, -0.05) is 32.0 Å². The van der Waals surface area contributed by atoms with E-state index in [0.717, 1.165) is 0 Å². The minimum absolute atomic E-state index is 0.0339. The van der Waals surface area contributed by atoms with Gasteiger partial charge in [-0.3, -0.25) is 4.79 Å².